The maximum atomic E-state index is 2.32. The molecule has 2 heteroatoms. The van der Waals surface area contributed by atoms with Crippen LogP contribution < -0.4 is 0 Å². The smallest absolute Gasteiger partial charge is 0.0767 e. The van der Waals surface area contributed by atoms with E-state index in [1.807, 2.05) is 23.5 Å². The fourth-order valence-electron chi connectivity index (χ4n) is 1.44. The molecular formula is C12H14S2. The molecular weight excluding hydrogens is 208 g/mol. The van der Waals surface area contributed by atoms with Crippen molar-refractivity contribution in [1.29, 1.82) is 0 Å². The van der Waals surface area contributed by atoms with E-state index in [-0.39, 0.29) is 0 Å². The van der Waals surface area contributed by atoms with Crippen molar-refractivity contribution in [1.82, 2.24) is 0 Å². The fourth-order valence-corrected chi connectivity index (χ4v) is 4.08. The highest BCUT2D eigenvalue weighted by molar-refractivity contribution is 8.21. The van der Waals surface area contributed by atoms with Gasteiger partial charge in [0.15, 0.2) is 0 Å². The van der Waals surface area contributed by atoms with Crippen LogP contribution in [0.4, 0.5) is 0 Å². The van der Waals surface area contributed by atoms with E-state index in [1.165, 1.54) is 17.1 Å². The maximum absolute atomic E-state index is 2.32. The van der Waals surface area contributed by atoms with Crippen molar-refractivity contribution in [3.63, 3.8) is 0 Å². The third-order valence-corrected chi connectivity index (χ3v) is 5.44. The molecule has 2 rings (SSSR count). The number of hydrogen-bond donors (Lipinski definition) is 0. The van der Waals surface area contributed by atoms with Crippen LogP contribution in [0, 0.1) is 0 Å². The van der Waals surface area contributed by atoms with Crippen LogP contribution in [-0.2, 0) is 0 Å². The second-order valence-corrected chi connectivity index (χ2v) is 6.81. The quantitative estimate of drug-likeness (QED) is 0.744. The Morgan fingerprint density at radius 3 is 2.43 bits per heavy atom. The molecule has 0 N–H and O–H groups in total. The fraction of sp³-hybridized carbons (Fsp3) is 0.333. The average Bonchev–Trinajstić information content (AvgIpc) is 2.65. The van der Waals surface area contributed by atoms with Crippen molar-refractivity contribution in [2.45, 2.75) is 11.0 Å². The molecule has 0 nitrogen and oxygen atoms in total. The lowest BCUT2D eigenvalue weighted by molar-refractivity contribution is 1.18. The predicted octanol–water partition coefficient (Wildman–Crippen LogP) is 3.90. The molecule has 0 radical (unpaired) electrons. The lowest BCUT2D eigenvalue weighted by Gasteiger charge is -2.15. The van der Waals surface area contributed by atoms with Gasteiger partial charge in [0.25, 0.3) is 0 Å². The van der Waals surface area contributed by atoms with Crippen molar-refractivity contribution >= 4 is 29.6 Å². The highest BCUT2D eigenvalue weighted by Gasteiger charge is 2.26. The minimum absolute atomic E-state index is 0.301. The van der Waals surface area contributed by atoms with Crippen LogP contribution in [0.25, 0.3) is 6.08 Å². The summed E-state index contributed by atoms with van der Waals surface area (Å²) >= 11 is 4.08. The normalized spacial score (nSPS) is 20.4. The van der Waals surface area contributed by atoms with E-state index in [0.29, 0.717) is 4.08 Å². The van der Waals surface area contributed by atoms with Crippen molar-refractivity contribution in [2.24, 2.45) is 0 Å². The van der Waals surface area contributed by atoms with Crippen molar-refractivity contribution < 1.29 is 0 Å². The molecule has 0 atom stereocenters. The molecule has 1 aliphatic rings. The van der Waals surface area contributed by atoms with Crippen LogP contribution in [0.1, 0.15) is 12.5 Å². The maximum Gasteiger partial charge on any atom is 0.0767 e. The van der Waals surface area contributed by atoms with Gasteiger partial charge in [0.05, 0.1) is 4.08 Å². The molecule has 0 unspecified atom stereocenters. The summed E-state index contributed by atoms with van der Waals surface area (Å²) in [7, 11) is 0. The van der Waals surface area contributed by atoms with Crippen molar-refractivity contribution in [3.8, 4) is 0 Å². The molecule has 74 valence electrons. The molecule has 1 fully saturated rings. The van der Waals surface area contributed by atoms with Crippen molar-refractivity contribution in [2.75, 3.05) is 11.5 Å². The molecule has 1 saturated heterocycles. The molecule has 0 aromatic heterocycles. The number of benzene rings is 1. The summed E-state index contributed by atoms with van der Waals surface area (Å²) in [4.78, 5) is 0. The Morgan fingerprint density at radius 2 is 1.79 bits per heavy atom. The summed E-state index contributed by atoms with van der Waals surface area (Å²) in [6, 6.07) is 10.5. The summed E-state index contributed by atoms with van der Waals surface area (Å²) < 4.78 is 0.301. The van der Waals surface area contributed by atoms with Gasteiger partial charge in [-0.2, -0.15) is 0 Å². The summed E-state index contributed by atoms with van der Waals surface area (Å²) in [5.41, 5.74) is 1.29. The standard InChI is InChI=1S/C12H14S2/c1-12(13-9-10-14-12)8-7-11-5-3-2-4-6-11/h2-8H,9-10H2,1H3. The Labute approximate surface area is 94.2 Å². The Hall–Kier alpha value is -0.340. The van der Waals surface area contributed by atoms with Crippen LogP contribution in [-0.4, -0.2) is 15.6 Å². The first-order valence-electron chi connectivity index (χ1n) is 4.81. The second-order valence-electron chi connectivity index (χ2n) is 3.46. The number of rotatable bonds is 2. The topological polar surface area (TPSA) is 0 Å². The lowest BCUT2D eigenvalue weighted by Crippen LogP contribution is -2.04. The second kappa shape index (κ2) is 4.45. The van der Waals surface area contributed by atoms with Crippen LogP contribution in [0.5, 0.6) is 0 Å². The van der Waals surface area contributed by atoms with E-state index >= 15 is 0 Å². The van der Waals surface area contributed by atoms with Gasteiger partial charge in [-0.15, -0.1) is 23.5 Å². The van der Waals surface area contributed by atoms with Gasteiger partial charge >= 0.3 is 0 Å². The van der Waals surface area contributed by atoms with E-state index in [9.17, 15) is 0 Å². The van der Waals surface area contributed by atoms with Gasteiger partial charge in [-0.3, -0.25) is 0 Å². The molecule has 14 heavy (non-hydrogen) atoms. The summed E-state index contributed by atoms with van der Waals surface area (Å²) in [5.74, 6) is 2.56. The Bertz CT molecular complexity index is 310. The Morgan fingerprint density at radius 1 is 1.14 bits per heavy atom. The third-order valence-electron chi connectivity index (χ3n) is 2.24. The minimum Gasteiger partial charge on any atom is -0.139 e. The van der Waals surface area contributed by atoms with Gasteiger partial charge in [-0.05, 0) is 12.5 Å². The van der Waals surface area contributed by atoms with Crippen LogP contribution in [0.15, 0.2) is 36.4 Å². The monoisotopic (exact) mass is 222 g/mol. The lowest BCUT2D eigenvalue weighted by atomic mass is 10.2. The Kier molecular flexibility index (Phi) is 3.24. The molecule has 0 aliphatic carbocycles. The first-order valence-corrected chi connectivity index (χ1v) is 6.78. The van der Waals surface area contributed by atoms with Gasteiger partial charge in [0, 0.05) is 11.5 Å². The zero-order valence-corrected chi connectivity index (χ0v) is 9.91. The first kappa shape index (κ1) is 10.2. The van der Waals surface area contributed by atoms with E-state index in [4.69, 9.17) is 0 Å². The van der Waals surface area contributed by atoms with E-state index in [2.05, 4.69) is 49.4 Å². The van der Waals surface area contributed by atoms with E-state index < -0.39 is 0 Å². The van der Waals surface area contributed by atoms with Crippen LogP contribution in [0.2, 0.25) is 0 Å². The molecule has 0 saturated carbocycles. The molecule has 1 aromatic carbocycles. The zero-order chi connectivity index (χ0) is 9.86. The van der Waals surface area contributed by atoms with E-state index in [1.54, 1.807) is 0 Å². The highest BCUT2D eigenvalue weighted by atomic mass is 32.2. The molecule has 1 aromatic rings. The average molecular weight is 222 g/mol. The van der Waals surface area contributed by atoms with Crippen LogP contribution in [0.3, 0.4) is 0 Å². The zero-order valence-electron chi connectivity index (χ0n) is 8.27. The number of hydrogen-bond acceptors (Lipinski definition) is 2. The van der Waals surface area contributed by atoms with Gasteiger partial charge in [-0.1, -0.05) is 42.5 Å². The predicted molar refractivity (Wildman–Crippen MR) is 68.8 cm³/mol. The summed E-state index contributed by atoms with van der Waals surface area (Å²) in [6.07, 6.45) is 4.55. The molecule has 0 bridgehead atoms. The van der Waals surface area contributed by atoms with Gasteiger partial charge in [-0.25, -0.2) is 0 Å². The van der Waals surface area contributed by atoms with Gasteiger partial charge in [0.1, 0.15) is 0 Å². The Balaban J connectivity index is 2.06. The van der Waals surface area contributed by atoms with Crippen molar-refractivity contribution in [3.05, 3.63) is 42.0 Å². The van der Waals surface area contributed by atoms with Gasteiger partial charge < -0.3 is 0 Å². The third kappa shape index (κ3) is 2.58. The number of thioether (sulfide) groups is 2. The first-order chi connectivity index (χ1) is 6.79. The highest BCUT2D eigenvalue weighted by Crippen LogP contribution is 2.44. The van der Waals surface area contributed by atoms with Crippen LogP contribution >= 0.6 is 23.5 Å². The molecule has 1 heterocycles. The molecule has 0 spiro atoms. The minimum atomic E-state index is 0.301. The molecule has 1 aliphatic heterocycles. The summed E-state index contributed by atoms with van der Waals surface area (Å²) in [6.45, 7) is 2.30. The SMILES string of the molecule is CC1(C=Cc2ccccc2)SCCS1. The van der Waals surface area contributed by atoms with Gasteiger partial charge in [0.2, 0.25) is 0 Å². The summed E-state index contributed by atoms with van der Waals surface area (Å²) in [5, 5.41) is 0. The van der Waals surface area contributed by atoms with E-state index in [0.717, 1.165) is 0 Å². The molecule has 0 amide bonds. The largest absolute Gasteiger partial charge is 0.139 e.